The van der Waals surface area contributed by atoms with Gasteiger partial charge in [0.1, 0.15) is 6.61 Å². The van der Waals surface area contributed by atoms with E-state index in [-0.39, 0.29) is 6.09 Å². The largest absolute Gasteiger partial charge is 0.447 e. The molecular weight excluding hydrogens is 228 g/mol. The fourth-order valence-corrected chi connectivity index (χ4v) is 3.82. The normalized spacial score (nSPS) is 31.7. The SMILES string of the molecule is O=C1OCC(C2CCNCC2)N1C1CCCCC1. The monoisotopic (exact) mass is 252 g/mol. The lowest BCUT2D eigenvalue weighted by Gasteiger charge is -2.38. The fraction of sp³-hybridized carbons (Fsp3) is 0.929. The van der Waals surface area contributed by atoms with Gasteiger partial charge >= 0.3 is 6.09 Å². The van der Waals surface area contributed by atoms with Crippen molar-refractivity contribution in [2.75, 3.05) is 19.7 Å². The van der Waals surface area contributed by atoms with Gasteiger partial charge in [0.2, 0.25) is 0 Å². The van der Waals surface area contributed by atoms with E-state index in [1.54, 1.807) is 0 Å². The van der Waals surface area contributed by atoms with Gasteiger partial charge in [-0.05, 0) is 44.7 Å². The molecule has 4 heteroatoms. The van der Waals surface area contributed by atoms with Crippen molar-refractivity contribution in [1.29, 1.82) is 0 Å². The number of ether oxygens (including phenoxy) is 1. The average molecular weight is 252 g/mol. The highest BCUT2D eigenvalue weighted by atomic mass is 16.6. The zero-order chi connectivity index (χ0) is 12.4. The standard InChI is InChI=1S/C14H24N2O2/c17-14-16(12-4-2-1-3-5-12)13(10-18-14)11-6-8-15-9-7-11/h11-13,15H,1-10H2. The van der Waals surface area contributed by atoms with Crippen LogP contribution in [0.2, 0.25) is 0 Å². The Balaban J connectivity index is 1.69. The number of carbonyl (C=O) groups excluding carboxylic acids is 1. The first kappa shape index (κ1) is 12.3. The van der Waals surface area contributed by atoms with E-state index in [9.17, 15) is 4.79 Å². The molecule has 1 unspecified atom stereocenters. The molecule has 18 heavy (non-hydrogen) atoms. The summed E-state index contributed by atoms with van der Waals surface area (Å²) in [6, 6.07) is 0.802. The van der Waals surface area contributed by atoms with Crippen LogP contribution in [0.15, 0.2) is 0 Å². The molecule has 1 N–H and O–H groups in total. The van der Waals surface area contributed by atoms with Crippen LogP contribution in [0.1, 0.15) is 44.9 Å². The average Bonchev–Trinajstić information content (AvgIpc) is 2.83. The molecule has 4 nitrogen and oxygen atoms in total. The van der Waals surface area contributed by atoms with Crippen LogP contribution in [0.3, 0.4) is 0 Å². The van der Waals surface area contributed by atoms with E-state index in [1.165, 1.54) is 44.9 Å². The van der Waals surface area contributed by atoms with Gasteiger partial charge in [-0.3, -0.25) is 4.90 Å². The summed E-state index contributed by atoms with van der Waals surface area (Å²) >= 11 is 0. The third-order valence-electron chi connectivity index (χ3n) is 4.84. The van der Waals surface area contributed by atoms with Crippen molar-refractivity contribution in [3.05, 3.63) is 0 Å². The number of piperidine rings is 1. The number of hydrogen-bond donors (Lipinski definition) is 1. The number of nitrogens with zero attached hydrogens (tertiary/aromatic N) is 1. The number of carbonyl (C=O) groups is 1. The summed E-state index contributed by atoms with van der Waals surface area (Å²) < 4.78 is 5.35. The molecule has 1 atom stereocenters. The first-order chi connectivity index (χ1) is 8.86. The summed E-state index contributed by atoms with van der Waals surface area (Å²) in [6.07, 6.45) is 8.55. The zero-order valence-electron chi connectivity index (χ0n) is 11.1. The van der Waals surface area contributed by atoms with Crippen molar-refractivity contribution >= 4 is 6.09 Å². The molecule has 0 aromatic carbocycles. The van der Waals surface area contributed by atoms with Crippen LogP contribution in [0.4, 0.5) is 4.79 Å². The molecule has 2 aliphatic heterocycles. The second-order valence-electron chi connectivity index (χ2n) is 5.93. The Morgan fingerprint density at radius 2 is 1.78 bits per heavy atom. The molecule has 0 bridgehead atoms. The molecule has 2 saturated heterocycles. The van der Waals surface area contributed by atoms with E-state index in [4.69, 9.17) is 4.74 Å². The Hall–Kier alpha value is -0.770. The van der Waals surface area contributed by atoms with Gasteiger partial charge in [-0.25, -0.2) is 4.79 Å². The maximum absolute atomic E-state index is 12.0. The topological polar surface area (TPSA) is 41.6 Å². The molecule has 102 valence electrons. The van der Waals surface area contributed by atoms with Crippen LogP contribution in [-0.4, -0.2) is 42.8 Å². The first-order valence-corrected chi connectivity index (χ1v) is 7.52. The lowest BCUT2D eigenvalue weighted by Crippen LogP contribution is -2.48. The van der Waals surface area contributed by atoms with Gasteiger partial charge in [0.05, 0.1) is 6.04 Å². The van der Waals surface area contributed by atoms with Crippen molar-refractivity contribution in [3.63, 3.8) is 0 Å². The minimum absolute atomic E-state index is 0.0505. The summed E-state index contributed by atoms with van der Waals surface area (Å²) in [4.78, 5) is 14.1. The third kappa shape index (κ3) is 2.35. The molecule has 3 rings (SSSR count). The van der Waals surface area contributed by atoms with Crippen LogP contribution in [0, 0.1) is 5.92 Å². The van der Waals surface area contributed by atoms with Gasteiger partial charge in [0.15, 0.2) is 0 Å². The number of rotatable bonds is 2. The second kappa shape index (κ2) is 5.47. The van der Waals surface area contributed by atoms with E-state index in [0.717, 1.165) is 13.1 Å². The van der Waals surface area contributed by atoms with E-state index >= 15 is 0 Å². The van der Waals surface area contributed by atoms with Gasteiger partial charge in [0, 0.05) is 6.04 Å². The van der Waals surface area contributed by atoms with Gasteiger partial charge in [0.25, 0.3) is 0 Å². The Bertz CT molecular complexity index is 296. The Morgan fingerprint density at radius 3 is 2.50 bits per heavy atom. The first-order valence-electron chi connectivity index (χ1n) is 7.52. The minimum atomic E-state index is -0.0505. The lowest BCUT2D eigenvalue weighted by molar-refractivity contribution is 0.113. The van der Waals surface area contributed by atoms with Gasteiger partial charge in [-0.2, -0.15) is 0 Å². The molecule has 0 spiro atoms. The van der Waals surface area contributed by atoms with Gasteiger partial charge < -0.3 is 10.1 Å². The van der Waals surface area contributed by atoms with Gasteiger partial charge in [-0.1, -0.05) is 19.3 Å². The van der Waals surface area contributed by atoms with E-state index in [0.29, 0.717) is 24.6 Å². The highest BCUT2D eigenvalue weighted by molar-refractivity contribution is 5.70. The summed E-state index contributed by atoms with van der Waals surface area (Å²) in [5, 5.41) is 3.40. The predicted molar refractivity (Wildman–Crippen MR) is 69.4 cm³/mol. The predicted octanol–water partition coefficient (Wildman–Crippen LogP) is 2.14. The molecule has 0 aromatic heterocycles. The lowest BCUT2D eigenvalue weighted by atomic mass is 9.87. The minimum Gasteiger partial charge on any atom is -0.447 e. The van der Waals surface area contributed by atoms with E-state index in [2.05, 4.69) is 10.2 Å². The summed E-state index contributed by atoms with van der Waals surface area (Å²) in [5.74, 6) is 0.639. The molecule has 1 aliphatic carbocycles. The second-order valence-corrected chi connectivity index (χ2v) is 5.93. The smallest absolute Gasteiger partial charge is 0.410 e. The number of cyclic esters (lactones) is 1. The van der Waals surface area contributed by atoms with Crippen molar-refractivity contribution in [3.8, 4) is 0 Å². The summed E-state index contributed by atoms with van der Waals surface area (Å²) in [7, 11) is 0. The number of hydrogen-bond acceptors (Lipinski definition) is 3. The quantitative estimate of drug-likeness (QED) is 0.818. The number of nitrogens with one attached hydrogen (secondary N) is 1. The highest BCUT2D eigenvalue weighted by Gasteiger charge is 2.42. The van der Waals surface area contributed by atoms with Crippen LogP contribution < -0.4 is 5.32 Å². The summed E-state index contributed by atoms with van der Waals surface area (Å²) in [5.41, 5.74) is 0. The van der Waals surface area contributed by atoms with Crippen LogP contribution in [-0.2, 0) is 4.74 Å². The van der Waals surface area contributed by atoms with Crippen molar-refractivity contribution in [2.45, 2.75) is 57.0 Å². The van der Waals surface area contributed by atoms with E-state index in [1.807, 2.05) is 0 Å². The Morgan fingerprint density at radius 1 is 1.06 bits per heavy atom. The maximum atomic E-state index is 12.0. The summed E-state index contributed by atoms with van der Waals surface area (Å²) in [6.45, 7) is 2.81. The van der Waals surface area contributed by atoms with Crippen molar-refractivity contribution in [2.24, 2.45) is 5.92 Å². The molecule has 3 aliphatic rings. The molecule has 0 aromatic rings. The third-order valence-corrected chi connectivity index (χ3v) is 4.84. The van der Waals surface area contributed by atoms with E-state index < -0.39 is 0 Å². The molecular formula is C14H24N2O2. The maximum Gasteiger partial charge on any atom is 0.410 e. The van der Waals surface area contributed by atoms with Crippen molar-refractivity contribution in [1.82, 2.24) is 10.2 Å². The fourth-order valence-electron chi connectivity index (χ4n) is 3.82. The Labute approximate surface area is 109 Å². The van der Waals surface area contributed by atoms with Gasteiger partial charge in [-0.15, -0.1) is 0 Å². The molecule has 3 fully saturated rings. The van der Waals surface area contributed by atoms with Crippen LogP contribution in [0.5, 0.6) is 0 Å². The Kier molecular flexibility index (Phi) is 3.73. The molecule has 1 saturated carbocycles. The molecule has 0 radical (unpaired) electrons. The molecule has 2 heterocycles. The molecule has 1 amide bonds. The van der Waals surface area contributed by atoms with Crippen LogP contribution in [0.25, 0.3) is 0 Å². The van der Waals surface area contributed by atoms with Crippen molar-refractivity contribution < 1.29 is 9.53 Å². The highest BCUT2D eigenvalue weighted by Crippen LogP contribution is 2.32. The number of amides is 1. The van der Waals surface area contributed by atoms with Crippen LogP contribution >= 0.6 is 0 Å². The zero-order valence-corrected chi connectivity index (χ0v) is 11.1.